The Bertz CT molecular complexity index is 494. The molecule has 0 amide bonds. The van der Waals surface area contributed by atoms with Crippen molar-refractivity contribution >= 4 is 55.6 Å². The number of rotatable bonds is 3. The first kappa shape index (κ1) is 15.7. The fraction of sp³-hybridized carbons (Fsp3) is 0. The summed E-state index contributed by atoms with van der Waals surface area (Å²) in [7, 11) is 0. The monoisotopic (exact) mass is 268 g/mol. The molecule has 88 valence electrons. The van der Waals surface area contributed by atoms with Crippen LogP contribution >= 0.6 is 0 Å². The van der Waals surface area contributed by atoms with E-state index in [4.69, 9.17) is 15.3 Å². The molecule has 0 heterocycles. The molecule has 0 aliphatic heterocycles. The number of aromatic carboxylic acids is 3. The van der Waals surface area contributed by atoms with Crippen LogP contribution in [0.1, 0.15) is 31.1 Å². The van der Waals surface area contributed by atoms with Crippen LogP contribution in [-0.2, 0) is 0 Å². The molecule has 0 aromatic heterocycles. The standard InChI is InChI=1S/C9H6O7.Ca.2H/c10-6-4(8(13)14)2-1-3(7(11)12)5(6)9(15)16;;;/h1-2,10H,(H,11,12)(H,13,14)(H,15,16);;;. The van der Waals surface area contributed by atoms with Gasteiger partial charge in [0.15, 0.2) is 0 Å². The molecule has 8 heteroatoms. The van der Waals surface area contributed by atoms with Gasteiger partial charge in [0.2, 0.25) is 0 Å². The van der Waals surface area contributed by atoms with E-state index in [0.717, 1.165) is 12.1 Å². The molecule has 0 saturated heterocycles. The Kier molecular flexibility index (Phi) is 5.40. The summed E-state index contributed by atoms with van der Waals surface area (Å²) < 4.78 is 0. The minimum absolute atomic E-state index is 0. The van der Waals surface area contributed by atoms with E-state index >= 15 is 0 Å². The average Bonchev–Trinajstić information content (AvgIpc) is 2.15. The SMILES string of the molecule is O=C(O)c1ccc(C(=O)O)c(C(=O)O)c1O.[CaH2]. The Morgan fingerprint density at radius 3 is 1.59 bits per heavy atom. The van der Waals surface area contributed by atoms with E-state index in [1.165, 1.54) is 0 Å². The maximum atomic E-state index is 10.7. The molecule has 1 aromatic rings. The van der Waals surface area contributed by atoms with E-state index in [1.54, 1.807) is 0 Å². The van der Waals surface area contributed by atoms with Crippen molar-refractivity contribution in [1.82, 2.24) is 0 Å². The molecule has 7 nitrogen and oxygen atoms in total. The Balaban J connectivity index is 0.00000256. The second-order valence-electron chi connectivity index (χ2n) is 2.80. The van der Waals surface area contributed by atoms with Crippen molar-refractivity contribution in [2.75, 3.05) is 0 Å². The van der Waals surface area contributed by atoms with E-state index in [1.807, 2.05) is 0 Å². The molecule has 4 N–H and O–H groups in total. The van der Waals surface area contributed by atoms with Crippen LogP contribution in [0.3, 0.4) is 0 Å². The van der Waals surface area contributed by atoms with Crippen molar-refractivity contribution in [3.8, 4) is 5.75 Å². The number of benzene rings is 1. The zero-order chi connectivity index (χ0) is 12.5. The number of phenols is 1. The van der Waals surface area contributed by atoms with Crippen LogP contribution in [0.15, 0.2) is 12.1 Å². The first-order valence-electron chi connectivity index (χ1n) is 3.92. The molecule has 0 saturated carbocycles. The van der Waals surface area contributed by atoms with E-state index in [2.05, 4.69) is 0 Å². The van der Waals surface area contributed by atoms with Crippen molar-refractivity contribution in [2.24, 2.45) is 0 Å². The van der Waals surface area contributed by atoms with E-state index in [0.29, 0.717) is 0 Å². The molecular formula is C9H8CaO7. The first-order chi connectivity index (χ1) is 7.36. The van der Waals surface area contributed by atoms with Crippen LogP contribution in [0.2, 0.25) is 0 Å². The second-order valence-corrected chi connectivity index (χ2v) is 2.80. The summed E-state index contributed by atoms with van der Waals surface area (Å²) >= 11 is 0. The Morgan fingerprint density at radius 2 is 1.24 bits per heavy atom. The van der Waals surface area contributed by atoms with Crippen molar-refractivity contribution in [1.29, 1.82) is 0 Å². The quantitative estimate of drug-likeness (QED) is 0.547. The summed E-state index contributed by atoms with van der Waals surface area (Å²) in [6.45, 7) is 0. The van der Waals surface area contributed by atoms with Gasteiger partial charge in [0.05, 0.1) is 5.56 Å². The summed E-state index contributed by atoms with van der Waals surface area (Å²) in [5.74, 6) is -5.89. The van der Waals surface area contributed by atoms with E-state index in [9.17, 15) is 19.5 Å². The van der Waals surface area contributed by atoms with Gasteiger partial charge in [-0.15, -0.1) is 0 Å². The molecule has 0 atom stereocenters. The minimum atomic E-state index is -1.71. The molecule has 1 rings (SSSR count). The summed E-state index contributed by atoms with van der Waals surface area (Å²) in [5, 5.41) is 35.3. The zero-order valence-electron chi connectivity index (χ0n) is 7.67. The molecule has 0 bridgehead atoms. The Hall–Kier alpha value is -1.31. The van der Waals surface area contributed by atoms with Crippen LogP contribution in [0.25, 0.3) is 0 Å². The van der Waals surface area contributed by atoms with Crippen LogP contribution in [0.4, 0.5) is 0 Å². The van der Waals surface area contributed by atoms with Crippen LogP contribution in [-0.4, -0.2) is 76.1 Å². The van der Waals surface area contributed by atoms with Crippen molar-refractivity contribution in [3.05, 3.63) is 28.8 Å². The fourth-order valence-electron chi connectivity index (χ4n) is 1.16. The van der Waals surface area contributed by atoms with Gasteiger partial charge in [0.1, 0.15) is 16.9 Å². The number of hydrogen-bond acceptors (Lipinski definition) is 4. The molecule has 0 spiro atoms. The van der Waals surface area contributed by atoms with Gasteiger partial charge in [0, 0.05) is 0 Å². The van der Waals surface area contributed by atoms with Gasteiger partial charge >= 0.3 is 55.6 Å². The van der Waals surface area contributed by atoms with Gasteiger partial charge in [-0.1, -0.05) is 0 Å². The number of carbonyl (C=O) groups is 3. The molecule has 17 heavy (non-hydrogen) atoms. The second kappa shape index (κ2) is 5.85. The Morgan fingerprint density at radius 1 is 0.824 bits per heavy atom. The van der Waals surface area contributed by atoms with E-state index in [-0.39, 0.29) is 37.7 Å². The predicted octanol–water partition coefficient (Wildman–Crippen LogP) is -0.429. The van der Waals surface area contributed by atoms with Gasteiger partial charge in [-0.2, -0.15) is 0 Å². The maximum absolute atomic E-state index is 10.7. The van der Waals surface area contributed by atoms with Crippen molar-refractivity contribution in [3.63, 3.8) is 0 Å². The normalized spacial score (nSPS) is 9.18. The summed E-state index contributed by atoms with van der Waals surface area (Å²) in [6, 6.07) is 1.64. The molecule has 0 fully saturated rings. The van der Waals surface area contributed by atoms with Crippen LogP contribution < -0.4 is 0 Å². The van der Waals surface area contributed by atoms with E-state index < -0.39 is 40.3 Å². The number of hydrogen-bond donors (Lipinski definition) is 4. The predicted molar refractivity (Wildman–Crippen MR) is 57.5 cm³/mol. The summed E-state index contributed by atoms with van der Waals surface area (Å²) in [5.41, 5.74) is -2.27. The van der Waals surface area contributed by atoms with Gasteiger partial charge in [-0.3, -0.25) is 0 Å². The van der Waals surface area contributed by atoms with Gasteiger partial charge < -0.3 is 20.4 Å². The molecule has 0 unspecified atom stereocenters. The topological polar surface area (TPSA) is 132 Å². The third-order valence-corrected chi connectivity index (χ3v) is 1.85. The summed E-state index contributed by atoms with van der Waals surface area (Å²) in [6.07, 6.45) is 0. The van der Waals surface area contributed by atoms with Gasteiger partial charge in [0.25, 0.3) is 0 Å². The molecular weight excluding hydrogens is 260 g/mol. The molecule has 1 aromatic carbocycles. The third kappa shape index (κ3) is 3.09. The number of aromatic hydroxyl groups is 1. The van der Waals surface area contributed by atoms with Gasteiger partial charge in [-0.25, -0.2) is 14.4 Å². The fourth-order valence-corrected chi connectivity index (χ4v) is 1.16. The summed E-state index contributed by atoms with van der Waals surface area (Å²) in [4.78, 5) is 31.9. The first-order valence-corrected chi connectivity index (χ1v) is 3.92. The zero-order valence-corrected chi connectivity index (χ0v) is 7.67. The van der Waals surface area contributed by atoms with Crippen LogP contribution in [0, 0.1) is 0 Å². The number of carboxylic acids is 3. The third-order valence-electron chi connectivity index (χ3n) is 1.85. The Labute approximate surface area is 124 Å². The molecule has 0 radical (unpaired) electrons. The molecule has 0 aliphatic rings. The van der Waals surface area contributed by atoms with Crippen molar-refractivity contribution < 1.29 is 34.8 Å². The number of carboxylic acid groups (broad SMARTS) is 3. The van der Waals surface area contributed by atoms with Crippen molar-refractivity contribution in [2.45, 2.75) is 0 Å². The average molecular weight is 268 g/mol. The van der Waals surface area contributed by atoms with Crippen LogP contribution in [0.5, 0.6) is 5.75 Å². The molecule has 0 aliphatic carbocycles. The van der Waals surface area contributed by atoms with Gasteiger partial charge in [-0.05, 0) is 12.1 Å².